The summed E-state index contributed by atoms with van der Waals surface area (Å²) in [7, 11) is 3.64. The summed E-state index contributed by atoms with van der Waals surface area (Å²) < 4.78 is 12.7. The molecule has 2 heterocycles. The highest BCUT2D eigenvalue weighted by molar-refractivity contribution is 5.51. The molecule has 1 aliphatic heterocycles. The van der Waals surface area contributed by atoms with Gasteiger partial charge in [-0.2, -0.15) is 5.10 Å². The van der Waals surface area contributed by atoms with Gasteiger partial charge >= 0.3 is 0 Å². The standard InChI is InChI=1S/C21H32N4O3/c1-15(2)20-18(21(24(3)23-20)25-9-11-28-12-10-25)13-22-14-19(26)16-5-7-17(27-4)8-6-16/h5-8,15,19,22,26H,9-14H2,1-4H3. The van der Waals surface area contributed by atoms with Gasteiger partial charge in [0.15, 0.2) is 0 Å². The van der Waals surface area contributed by atoms with Gasteiger partial charge in [-0.3, -0.25) is 4.68 Å². The molecule has 7 heteroatoms. The maximum Gasteiger partial charge on any atom is 0.131 e. The number of aliphatic hydroxyl groups excluding tert-OH is 1. The number of aromatic nitrogens is 2. The Balaban J connectivity index is 1.69. The summed E-state index contributed by atoms with van der Waals surface area (Å²) in [5.74, 6) is 2.28. The van der Waals surface area contributed by atoms with Crippen molar-refractivity contribution in [1.82, 2.24) is 15.1 Å². The Morgan fingerprint density at radius 2 is 1.89 bits per heavy atom. The highest BCUT2D eigenvalue weighted by atomic mass is 16.5. The molecule has 1 aliphatic rings. The number of rotatable bonds is 8. The molecule has 1 saturated heterocycles. The number of aliphatic hydroxyl groups is 1. The predicted molar refractivity (Wildman–Crippen MR) is 110 cm³/mol. The zero-order valence-electron chi connectivity index (χ0n) is 17.3. The van der Waals surface area contributed by atoms with Crippen LogP contribution in [0.15, 0.2) is 24.3 Å². The smallest absolute Gasteiger partial charge is 0.131 e. The van der Waals surface area contributed by atoms with E-state index in [1.807, 2.05) is 36.0 Å². The molecule has 154 valence electrons. The number of nitrogens with zero attached hydrogens (tertiary/aromatic N) is 3. The van der Waals surface area contributed by atoms with Crippen molar-refractivity contribution in [3.8, 4) is 5.75 Å². The number of morpholine rings is 1. The SMILES string of the molecule is COc1ccc(C(O)CNCc2c(C(C)C)nn(C)c2N2CCOCC2)cc1. The molecular weight excluding hydrogens is 356 g/mol. The van der Waals surface area contributed by atoms with Crippen LogP contribution in [0.25, 0.3) is 0 Å². The summed E-state index contributed by atoms with van der Waals surface area (Å²) >= 11 is 0. The van der Waals surface area contributed by atoms with Crippen LogP contribution >= 0.6 is 0 Å². The Bertz CT molecular complexity index is 752. The molecule has 2 N–H and O–H groups in total. The first kappa shape index (κ1) is 20.6. The molecule has 0 radical (unpaired) electrons. The van der Waals surface area contributed by atoms with Crippen LogP contribution in [0.3, 0.4) is 0 Å². The molecule has 0 aliphatic carbocycles. The van der Waals surface area contributed by atoms with Gasteiger partial charge in [0.1, 0.15) is 11.6 Å². The van der Waals surface area contributed by atoms with E-state index in [1.54, 1.807) is 7.11 Å². The Labute approximate surface area is 167 Å². The second kappa shape index (κ2) is 9.41. The zero-order chi connectivity index (χ0) is 20.1. The summed E-state index contributed by atoms with van der Waals surface area (Å²) in [6, 6.07) is 7.53. The largest absolute Gasteiger partial charge is 0.497 e. The summed E-state index contributed by atoms with van der Waals surface area (Å²) in [5.41, 5.74) is 3.19. The lowest BCUT2D eigenvalue weighted by Crippen LogP contribution is -2.38. The first-order valence-corrected chi connectivity index (χ1v) is 9.92. The lowest BCUT2D eigenvalue weighted by atomic mass is 10.0. The molecule has 1 unspecified atom stereocenters. The minimum Gasteiger partial charge on any atom is -0.497 e. The molecule has 1 fully saturated rings. The molecule has 0 amide bonds. The van der Waals surface area contributed by atoms with Crippen molar-refractivity contribution in [2.24, 2.45) is 7.05 Å². The van der Waals surface area contributed by atoms with Gasteiger partial charge in [-0.05, 0) is 23.6 Å². The van der Waals surface area contributed by atoms with Gasteiger partial charge in [0.25, 0.3) is 0 Å². The van der Waals surface area contributed by atoms with Crippen molar-refractivity contribution in [2.45, 2.75) is 32.4 Å². The number of methoxy groups -OCH3 is 1. The average molecular weight is 389 g/mol. The molecule has 0 saturated carbocycles. The van der Waals surface area contributed by atoms with E-state index in [2.05, 4.69) is 24.1 Å². The fourth-order valence-electron chi connectivity index (χ4n) is 3.66. The third-order valence-electron chi connectivity index (χ3n) is 5.14. The molecule has 2 aromatic rings. The van der Waals surface area contributed by atoms with E-state index in [0.29, 0.717) is 19.0 Å². The Kier molecular flexibility index (Phi) is 6.93. The average Bonchev–Trinajstić information content (AvgIpc) is 3.05. The van der Waals surface area contributed by atoms with Crippen molar-refractivity contribution in [3.63, 3.8) is 0 Å². The Hall–Kier alpha value is -2.09. The molecule has 0 bridgehead atoms. The third kappa shape index (κ3) is 4.66. The second-order valence-electron chi connectivity index (χ2n) is 7.48. The van der Waals surface area contributed by atoms with Crippen LogP contribution in [0, 0.1) is 0 Å². The fraction of sp³-hybridized carbons (Fsp3) is 0.571. The Morgan fingerprint density at radius 3 is 2.50 bits per heavy atom. The van der Waals surface area contributed by atoms with E-state index in [4.69, 9.17) is 14.6 Å². The lowest BCUT2D eigenvalue weighted by Gasteiger charge is -2.29. The van der Waals surface area contributed by atoms with Gasteiger partial charge in [-0.15, -0.1) is 0 Å². The van der Waals surface area contributed by atoms with E-state index in [-0.39, 0.29) is 0 Å². The zero-order valence-corrected chi connectivity index (χ0v) is 17.3. The minimum absolute atomic E-state index is 0.337. The van der Waals surface area contributed by atoms with Crippen LogP contribution in [0.4, 0.5) is 5.82 Å². The number of anilines is 1. The van der Waals surface area contributed by atoms with E-state index in [1.165, 1.54) is 5.56 Å². The molecule has 7 nitrogen and oxygen atoms in total. The summed E-state index contributed by atoms with van der Waals surface area (Å²) in [5, 5.41) is 18.7. The van der Waals surface area contributed by atoms with E-state index >= 15 is 0 Å². The molecule has 1 aromatic heterocycles. The quantitative estimate of drug-likeness (QED) is 0.723. The first-order valence-electron chi connectivity index (χ1n) is 9.92. The third-order valence-corrected chi connectivity index (χ3v) is 5.14. The van der Waals surface area contributed by atoms with Crippen LogP contribution in [-0.2, 0) is 18.3 Å². The number of nitrogens with one attached hydrogen (secondary N) is 1. The lowest BCUT2D eigenvalue weighted by molar-refractivity contribution is 0.122. The van der Waals surface area contributed by atoms with Crippen LogP contribution in [0.1, 0.15) is 42.7 Å². The van der Waals surface area contributed by atoms with Crippen molar-refractivity contribution in [1.29, 1.82) is 0 Å². The van der Waals surface area contributed by atoms with Gasteiger partial charge in [0.2, 0.25) is 0 Å². The van der Waals surface area contributed by atoms with Crippen LogP contribution in [0.5, 0.6) is 5.75 Å². The molecule has 1 atom stereocenters. The predicted octanol–water partition coefficient (Wildman–Crippen LogP) is 2.21. The number of hydrogen-bond donors (Lipinski definition) is 2. The van der Waals surface area contributed by atoms with Crippen molar-refractivity contribution >= 4 is 5.82 Å². The van der Waals surface area contributed by atoms with Gasteiger partial charge in [-0.25, -0.2) is 0 Å². The highest BCUT2D eigenvalue weighted by Gasteiger charge is 2.24. The van der Waals surface area contributed by atoms with Crippen LogP contribution < -0.4 is 15.0 Å². The second-order valence-corrected chi connectivity index (χ2v) is 7.48. The number of benzene rings is 1. The fourth-order valence-corrected chi connectivity index (χ4v) is 3.66. The van der Waals surface area contributed by atoms with E-state index < -0.39 is 6.10 Å². The van der Waals surface area contributed by atoms with Crippen molar-refractivity contribution in [2.75, 3.05) is 44.9 Å². The maximum absolute atomic E-state index is 10.5. The molecule has 1 aromatic carbocycles. The molecule has 3 rings (SSSR count). The maximum atomic E-state index is 10.5. The van der Waals surface area contributed by atoms with E-state index in [9.17, 15) is 5.11 Å². The van der Waals surface area contributed by atoms with E-state index in [0.717, 1.165) is 49.1 Å². The molecule has 28 heavy (non-hydrogen) atoms. The topological polar surface area (TPSA) is 71.8 Å². The van der Waals surface area contributed by atoms with Crippen LogP contribution in [0.2, 0.25) is 0 Å². The van der Waals surface area contributed by atoms with Gasteiger partial charge < -0.3 is 24.8 Å². The van der Waals surface area contributed by atoms with Gasteiger partial charge in [0.05, 0.1) is 32.1 Å². The summed E-state index contributed by atoms with van der Waals surface area (Å²) in [4.78, 5) is 2.35. The number of hydrogen-bond acceptors (Lipinski definition) is 6. The summed E-state index contributed by atoms with van der Waals surface area (Å²) in [6.45, 7) is 8.71. The normalized spacial score (nSPS) is 15.9. The molecule has 0 spiro atoms. The van der Waals surface area contributed by atoms with Gasteiger partial charge in [-0.1, -0.05) is 26.0 Å². The van der Waals surface area contributed by atoms with Crippen molar-refractivity contribution in [3.05, 3.63) is 41.1 Å². The number of ether oxygens (including phenoxy) is 2. The monoisotopic (exact) mass is 388 g/mol. The number of aryl methyl sites for hydroxylation is 1. The molecular formula is C21H32N4O3. The van der Waals surface area contributed by atoms with Gasteiger partial charge in [0, 0.05) is 38.8 Å². The van der Waals surface area contributed by atoms with Crippen LogP contribution in [-0.4, -0.2) is 54.8 Å². The first-order chi connectivity index (χ1) is 13.5. The van der Waals surface area contributed by atoms with Crippen molar-refractivity contribution < 1.29 is 14.6 Å². The Morgan fingerprint density at radius 1 is 1.21 bits per heavy atom. The highest BCUT2D eigenvalue weighted by Crippen LogP contribution is 2.29. The minimum atomic E-state index is -0.572. The summed E-state index contributed by atoms with van der Waals surface area (Å²) in [6.07, 6.45) is -0.572.